The van der Waals surface area contributed by atoms with E-state index in [1.807, 2.05) is 29.2 Å². The van der Waals surface area contributed by atoms with Gasteiger partial charge >= 0.3 is 0 Å². The van der Waals surface area contributed by atoms with Crippen molar-refractivity contribution < 1.29 is 9.53 Å². The zero-order chi connectivity index (χ0) is 24.4. The van der Waals surface area contributed by atoms with Gasteiger partial charge in [-0.3, -0.25) is 9.78 Å². The van der Waals surface area contributed by atoms with Gasteiger partial charge in [-0.05, 0) is 42.0 Å². The van der Waals surface area contributed by atoms with Crippen LogP contribution in [0.2, 0.25) is 10.0 Å². The van der Waals surface area contributed by atoms with Crippen molar-refractivity contribution in [3.8, 4) is 16.9 Å². The van der Waals surface area contributed by atoms with Crippen LogP contribution >= 0.6 is 23.2 Å². The first-order valence-electron chi connectivity index (χ1n) is 11.0. The van der Waals surface area contributed by atoms with E-state index < -0.39 is 6.04 Å². The number of methoxy groups -OCH3 is 1. The smallest absolute Gasteiger partial charge is 0.248 e. The van der Waals surface area contributed by atoms with Crippen LogP contribution in [0.15, 0.2) is 61.1 Å². The molecule has 1 aliphatic heterocycles. The van der Waals surface area contributed by atoms with E-state index in [0.717, 1.165) is 17.7 Å². The summed E-state index contributed by atoms with van der Waals surface area (Å²) in [5.74, 6) is 1.06. The maximum Gasteiger partial charge on any atom is 0.248 e. The molecule has 2 aromatic carbocycles. The predicted octanol–water partition coefficient (Wildman–Crippen LogP) is 4.42. The van der Waals surface area contributed by atoms with Gasteiger partial charge in [0.1, 0.15) is 23.6 Å². The Hall–Kier alpha value is -3.46. The highest BCUT2D eigenvalue weighted by Crippen LogP contribution is 2.32. The number of pyridine rings is 1. The van der Waals surface area contributed by atoms with Crippen LogP contribution < -0.4 is 20.3 Å². The summed E-state index contributed by atoms with van der Waals surface area (Å²) in [6, 6.07) is 14.1. The molecular formula is C25H22Cl2N6O2. The molecular weight excluding hydrogens is 487 g/mol. The number of rotatable bonds is 5. The van der Waals surface area contributed by atoms with Crippen molar-refractivity contribution in [2.45, 2.75) is 6.04 Å². The summed E-state index contributed by atoms with van der Waals surface area (Å²) in [6.45, 7) is 1.78. The maximum atomic E-state index is 13.2. The highest BCUT2D eigenvalue weighted by atomic mass is 35.5. The van der Waals surface area contributed by atoms with Crippen LogP contribution in [0.25, 0.3) is 22.2 Å². The molecule has 0 aliphatic carbocycles. The Morgan fingerprint density at radius 2 is 2.00 bits per heavy atom. The van der Waals surface area contributed by atoms with Crippen molar-refractivity contribution in [2.24, 2.45) is 0 Å². The van der Waals surface area contributed by atoms with E-state index in [1.54, 1.807) is 37.6 Å². The topological polar surface area (TPSA) is 92.3 Å². The monoisotopic (exact) mass is 508 g/mol. The molecule has 0 saturated carbocycles. The van der Waals surface area contributed by atoms with Gasteiger partial charge < -0.3 is 20.3 Å². The molecule has 10 heteroatoms. The van der Waals surface area contributed by atoms with Crippen molar-refractivity contribution in [2.75, 3.05) is 37.0 Å². The fraction of sp³-hybridized carbons (Fsp3) is 0.200. The molecule has 0 bridgehead atoms. The Morgan fingerprint density at radius 3 is 2.80 bits per heavy atom. The van der Waals surface area contributed by atoms with Crippen LogP contribution in [-0.2, 0) is 4.79 Å². The molecule has 35 heavy (non-hydrogen) atoms. The van der Waals surface area contributed by atoms with E-state index in [1.165, 1.54) is 6.33 Å². The highest BCUT2D eigenvalue weighted by Gasteiger charge is 2.31. The van der Waals surface area contributed by atoms with E-state index in [9.17, 15) is 4.79 Å². The molecule has 1 amide bonds. The van der Waals surface area contributed by atoms with Gasteiger partial charge in [0.2, 0.25) is 5.91 Å². The number of aromatic nitrogens is 3. The van der Waals surface area contributed by atoms with Gasteiger partial charge in [0.25, 0.3) is 0 Å². The number of fused-ring (bicyclic) bond motifs is 1. The van der Waals surface area contributed by atoms with Gasteiger partial charge in [0, 0.05) is 42.1 Å². The summed E-state index contributed by atoms with van der Waals surface area (Å²) in [5, 5.41) is 7.32. The van der Waals surface area contributed by atoms with Crippen LogP contribution in [0.3, 0.4) is 0 Å². The Kier molecular flexibility index (Phi) is 6.68. The number of nitrogens with one attached hydrogen (secondary N) is 2. The van der Waals surface area contributed by atoms with E-state index >= 15 is 0 Å². The second-order valence-corrected chi connectivity index (χ2v) is 8.89. The summed E-state index contributed by atoms with van der Waals surface area (Å²) in [4.78, 5) is 28.8. The molecule has 3 heterocycles. The van der Waals surface area contributed by atoms with Crippen molar-refractivity contribution in [3.05, 3.63) is 71.1 Å². The fourth-order valence-electron chi connectivity index (χ4n) is 4.13. The van der Waals surface area contributed by atoms with Gasteiger partial charge in [-0.15, -0.1) is 0 Å². The molecule has 1 atom stereocenters. The number of benzene rings is 2. The minimum absolute atomic E-state index is 0.157. The van der Waals surface area contributed by atoms with Gasteiger partial charge in [-0.2, -0.15) is 0 Å². The Morgan fingerprint density at radius 1 is 1.11 bits per heavy atom. The van der Waals surface area contributed by atoms with Gasteiger partial charge in [0.15, 0.2) is 5.82 Å². The largest absolute Gasteiger partial charge is 0.495 e. The number of piperazine rings is 1. The Bertz CT molecular complexity index is 1400. The van der Waals surface area contributed by atoms with Crippen molar-refractivity contribution >= 4 is 51.6 Å². The minimum Gasteiger partial charge on any atom is -0.495 e. The van der Waals surface area contributed by atoms with Crippen LogP contribution in [0.1, 0.15) is 0 Å². The molecule has 1 aliphatic rings. The predicted molar refractivity (Wildman–Crippen MR) is 138 cm³/mol. The molecule has 1 saturated heterocycles. The van der Waals surface area contributed by atoms with Crippen molar-refractivity contribution in [1.29, 1.82) is 0 Å². The molecule has 8 nitrogen and oxygen atoms in total. The van der Waals surface area contributed by atoms with Gasteiger partial charge in [-0.25, -0.2) is 9.97 Å². The Balaban J connectivity index is 1.46. The van der Waals surface area contributed by atoms with Gasteiger partial charge in [-0.1, -0.05) is 35.3 Å². The molecule has 1 unspecified atom stereocenters. The number of carbonyl (C=O) groups excluding carboxylic acids is 1. The third kappa shape index (κ3) is 4.86. The Labute approximate surface area is 212 Å². The van der Waals surface area contributed by atoms with E-state index in [2.05, 4.69) is 25.6 Å². The second-order valence-electron chi connectivity index (χ2n) is 8.05. The second kappa shape index (κ2) is 10.0. The summed E-state index contributed by atoms with van der Waals surface area (Å²) < 4.78 is 5.24. The molecule has 0 spiro atoms. The SMILES string of the molecule is COc1ccc(-c2cnc3c(N4CCNCC4C(=O)Nc4cccc(Cl)c4)ncnc3c2)cc1Cl. The lowest BCUT2D eigenvalue weighted by atomic mass is 10.1. The third-order valence-corrected chi connectivity index (χ3v) is 6.38. The summed E-state index contributed by atoms with van der Waals surface area (Å²) in [6.07, 6.45) is 3.26. The quantitative estimate of drug-likeness (QED) is 0.412. The maximum absolute atomic E-state index is 13.2. The van der Waals surface area contributed by atoms with E-state index in [4.69, 9.17) is 27.9 Å². The molecule has 4 aromatic rings. The summed E-state index contributed by atoms with van der Waals surface area (Å²) >= 11 is 12.4. The molecule has 2 aromatic heterocycles. The molecule has 2 N–H and O–H groups in total. The number of halogens is 2. The van der Waals surface area contributed by atoms with Crippen LogP contribution in [0.4, 0.5) is 11.5 Å². The number of hydrogen-bond donors (Lipinski definition) is 2. The number of ether oxygens (including phenoxy) is 1. The molecule has 1 fully saturated rings. The van der Waals surface area contributed by atoms with Crippen LogP contribution in [-0.4, -0.2) is 53.6 Å². The first-order chi connectivity index (χ1) is 17.0. The molecule has 5 rings (SSSR count). The summed E-state index contributed by atoms with van der Waals surface area (Å²) in [5.41, 5.74) is 3.69. The van der Waals surface area contributed by atoms with Crippen LogP contribution in [0, 0.1) is 0 Å². The zero-order valence-corrected chi connectivity index (χ0v) is 20.3. The van der Waals surface area contributed by atoms with E-state index in [0.29, 0.717) is 51.4 Å². The molecule has 178 valence electrons. The lowest BCUT2D eigenvalue weighted by Gasteiger charge is -2.36. The van der Waals surface area contributed by atoms with E-state index in [-0.39, 0.29) is 5.91 Å². The number of carbonyl (C=O) groups is 1. The number of nitrogens with zero attached hydrogens (tertiary/aromatic N) is 4. The number of anilines is 2. The minimum atomic E-state index is -0.484. The lowest BCUT2D eigenvalue weighted by molar-refractivity contribution is -0.117. The number of hydrogen-bond acceptors (Lipinski definition) is 7. The summed E-state index contributed by atoms with van der Waals surface area (Å²) in [7, 11) is 1.58. The first kappa shape index (κ1) is 23.3. The average molecular weight is 509 g/mol. The van der Waals surface area contributed by atoms with Crippen molar-refractivity contribution in [3.63, 3.8) is 0 Å². The first-order valence-corrected chi connectivity index (χ1v) is 11.8. The normalized spacial score (nSPS) is 15.7. The van der Waals surface area contributed by atoms with Crippen LogP contribution in [0.5, 0.6) is 5.75 Å². The third-order valence-electron chi connectivity index (χ3n) is 5.85. The zero-order valence-electron chi connectivity index (χ0n) is 18.8. The average Bonchev–Trinajstić information content (AvgIpc) is 2.88. The lowest BCUT2D eigenvalue weighted by Crippen LogP contribution is -2.57. The highest BCUT2D eigenvalue weighted by molar-refractivity contribution is 6.32. The standard InChI is InChI=1S/C25H22Cl2N6O2/c1-35-22-6-5-15(9-19(22)27)16-10-20-23(29-12-16)24(31-14-30-20)33-8-7-28-13-21(33)25(34)32-18-4-2-3-17(26)11-18/h2-6,9-12,14,21,28H,7-8,13H2,1H3,(H,32,34). The molecule has 0 radical (unpaired) electrons. The fourth-order valence-corrected chi connectivity index (χ4v) is 4.58. The van der Waals surface area contributed by atoms with Crippen molar-refractivity contribution in [1.82, 2.24) is 20.3 Å². The number of amides is 1. The van der Waals surface area contributed by atoms with Gasteiger partial charge in [0.05, 0.1) is 17.6 Å².